The highest BCUT2D eigenvalue weighted by Crippen LogP contribution is 2.22. The molecule has 0 aliphatic heterocycles. The van der Waals surface area contributed by atoms with Crippen LogP contribution in [0.15, 0.2) is 53.4 Å². The number of thioether (sulfide) groups is 1. The molecule has 0 atom stereocenters. The van der Waals surface area contributed by atoms with E-state index in [0.29, 0.717) is 12.4 Å². The van der Waals surface area contributed by atoms with Crippen LogP contribution in [0.4, 0.5) is 4.39 Å². The molecule has 104 valence electrons. The summed E-state index contributed by atoms with van der Waals surface area (Å²) in [6, 6.07) is 13.8. The first-order valence-electron chi connectivity index (χ1n) is 6.01. The van der Waals surface area contributed by atoms with E-state index in [4.69, 9.17) is 9.84 Å². The molecule has 2 aromatic carbocycles. The number of carbonyl (C=O) groups is 1. The summed E-state index contributed by atoms with van der Waals surface area (Å²) in [5.74, 6) is -1.40. The van der Waals surface area contributed by atoms with E-state index in [1.54, 1.807) is 11.8 Å². The van der Waals surface area contributed by atoms with Crippen molar-refractivity contribution in [1.82, 2.24) is 0 Å². The first-order valence-corrected chi connectivity index (χ1v) is 6.99. The van der Waals surface area contributed by atoms with Crippen LogP contribution in [-0.4, -0.2) is 23.4 Å². The van der Waals surface area contributed by atoms with Crippen LogP contribution < -0.4 is 4.74 Å². The van der Waals surface area contributed by atoms with Crippen LogP contribution >= 0.6 is 11.8 Å². The van der Waals surface area contributed by atoms with Crippen LogP contribution in [-0.2, 0) is 0 Å². The normalized spacial score (nSPS) is 10.2. The van der Waals surface area contributed by atoms with Crippen molar-refractivity contribution in [2.24, 2.45) is 0 Å². The Morgan fingerprint density at radius 1 is 1.15 bits per heavy atom. The fraction of sp³-hybridized carbons (Fsp3) is 0.133. The van der Waals surface area contributed by atoms with Gasteiger partial charge in [0.25, 0.3) is 0 Å². The Hall–Kier alpha value is -2.01. The molecule has 5 heteroatoms. The van der Waals surface area contributed by atoms with Gasteiger partial charge in [0, 0.05) is 10.6 Å². The number of ether oxygens (including phenoxy) is 1. The van der Waals surface area contributed by atoms with Gasteiger partial charge in [-0.2, -0.15) is 0 Å². The first-order chi connectivity index (χ1) is 9.68. The highest BCUT2D eigenvalue weighted by atomic mass is 32.2. The van der Waals surface area contributed by atoms with Crippen LogP contribution in [0.1, 0.15) is 10.4 Å². The van der Waals surface area contributed by atoms with Crippen molar-refractivity contribution in [2.45, 2.75) is 4.90 Å². The van der Waals surface area contributed by atoms with Gasteiger partial charge in [0.2, 0.25) is 0 Å². The molecule has 2 aromatic rings. The zero-order valence-corrected chi connectivity index (χ0v) is 11.4. The van der Waals surface area contributed by atoms with E-state index in [2.05, 4.69) is 0 Å². The maximum absolute atomic E-state index is 13.4. The molecule has 0 aromatic heterocycles. The van der Waals surface area contributed by atoms with Crippen molar-refractivity contribution in [3.8, 4) is 5.75 Å². The average molecular weight is 292 g/mol. The van der Waals surface area contributed by atoms with Gasteiger partial charge >= 0.3 is 5.97 Å². The standard InChI is InChI=1S/C15H13FO3S/c16-12-7-4-8-13(14(12)15(17)18)19-9-10-20-11-5-2-1-3-6-11/h1-8H,9-10H2,(H,17,18). The number of carboxylic acids is 1. The van der Waals surface area contributed by atoms with Crippen LogP contribution in [0.2, 0.25) is 0 Å². The highest BCUT2D eigenvalue weighted by molar-refractivity contribution is 7.99. The molecule has 20 heavy (non-hydrogen) atoms. The van der Waals surface area contributed by atoms with Gasteiger partial charge < -0.3 is 9.84 Å². The molecule has 0 radical (unpaired) electrons. The summed E-state index contributed by atoms with van der Waals surface area (Å²) in [5, 5.41) is 8.96. The minimum Gasteiger partial charge on any atom is -0.492 e. The number of rotatable bonds is 6. The molecule has 0 saturated heterocycles. The fourth-order valence-electron chi connectivity index (χ4n) is 1.66. The number of hydrogen-bond acceptors (Lipinski definition) is 3. The molecular weight excluding hydrogens is 279 g/mol. The van der Waals surface area contributed by atoms with E-state index < -0.39 is 17.3 Å². The molecule has 2 rings (SSSR count). The Balaban J connectivity index is 1.92. The van der Waals surface area contributed by atoms with Crippen LogP contribution in [0, 0.1) is 5.82 Å². The molecule has 0 heterocycles. The molecule has 0 bridgehead atoms. The molecule has 3 nitrogen and oxygen atoms in total. The van der Waals surface area contributed by atoms with Crippen LogP contribution in [0.3, 0.4) is 0 Å². The van der Waals surface area contributed by atoms with Gasteiger partial charge in [-0.1, -0.05) is 24.3 Å². The molecule has 0 fully saturated rings. The van der Waals surface area contributed by atoms with Crippen LogP contribution in [0.25, 0.3) is 0 Å². The Labute approximate surface area is 120 Å². The van der Waals surface area contributed by atoms with Gasteiger partial charge in [-0.25, -0.2) is 9.18 Å². The summed E-state index contributed by atoms with van der Waals surface area (Å²) >= 11 is 1.59. The summed E-state index contributed by atoms with van der Waals surface area (Å²) in [6.07, 6.45) is 0. The van der Waals surface area contributed by atoms with Crippen molar-refractivity contribution >= 4 is 17.7 Å². The third-order valence-corrected chi connectivity index (χ3v) is 3.52. The number of carboxylic acid groups (broad SMARTS) is 1. The molecule has 0 spiro atoms. The summed E-state index contributed by atoms with van der Waals surface area (Å²) in [4.78, 5) is 12.1. The number of aromatic carboxylic acids is 1. The summed E-state index contributed by atoms with van der Waals surface area (Å²) in [5.41, 5.74) is -0.419. The zero-order valence-electron chi connectivity index (χ0n) is 10.6. The monoisotopic (exact) mass is 292 g/mol. The van der Waals surface area contributed by atoms with E-state index >= 15 is 0 Å². The second kappa shape index (κ2) is 6.96. The topological polar surface area (TPSA) is 46.5 Å². The van der Waals surface area contributed by atoms with Gasteiger partial charge in [-0.3, -0.25) is 0 Å². The second-order valence-electron chi connectivity index (χ2n) is 3.93. The molecule has 1 N–H and O–H groups in total. The summed E-state index contributed by atoms with van der Waals surface area (Å²) < 4.78 is 18.8. The van der Waals surface area contributed by atoms with Crippen molar-refractivity contribution in [3.05, 3.63) is 59.9 Å². The zero-order chi connectivity index (χ0) is 14.4. The maximum Gasteiger partial charge on any atom is 0.342 e. The summed E-state index contributed by atoms with van der Waals surface area (Å²) in [6.45, 7) is 0.309. The van der Waals surface area contributed by atoms with Gasteiger partial charge in [0.1, 0.15) is 17.1 Å². The highest BCUT2D eigenvalue weighted by Gasteiger charge is 2.16. The lowest BCUT2D eigenvalue weighted by Crippen LogP contribution is -2.08. The molecule has 0 unspecified atom stereocenters. The number of benzene rings is 2. The second-order valence-corrected chi connectivity index (χ2v) is 5.10. The van der Waals surface area contributed by atoms with Gasteiger partial charge in [-0.15, -0.1) is 11.8 Å². The fourth-order valence-corrected chi connectivity index (χ4v) is 2.41. The molecule has 0 saturated carbocycles. The quantitative estimate of drug-likeness (QED) is 0.651. The predicted molar refractivity (Wildman–Crippen MR) is 76.0 cm³/mol. The van der Waals surface area contributed by atoms with Crippen LogP contribution in [0.5, 0.6) is 5.75 Å². The maximum atomic E-state index is 13.4. The SMILES string of the molecule is O=C(O)c1c(F)cccc1OCCSc1ccccc1. The Morgan fingerprint density at radius 3 is 2.60 bits per heavy atom. The summed E-state index contributed by atoms with van der Waals surface area (Å²) in [7, 11) is 0. The van der Waals surface area contributed by atoms with E-state index in [9.17, 15) is 9.18 Å². The largest absolute Gasteiger partial charge is 0.492 e. The Kier molecular flexibility index (Phi) is 5.01. The predicted octanol–water partition coefficient (Wildman–Crippen LogP) is 3.70. The Morgan fingerprint density at radius 2 is 1.90 bits per heavy atom. The van der Waals surface area contributed by atoms with Gasteiger partial charge in [0.05, 0.1) is 6.61 Å². The van der Waals surface area contributed by atoms with Crippen molar-refractivity contribution in [2.75, 3.05) is 12.4 Å². The smallest absolute Gasteiger partial charge is 0.342 e. The van der Waals surface area contributed by atoms with E-state index in [-0.39, 0.29) is 5.75 Å². The van der Waals surface area contributed by atoms with Crippen molar-refractivity contribution in [1.29, 1.82) is 0 Å². The lowest BCUT2D eigenvalue weighted by molar-refractivity contribution is 0.0687. The lowest BCUT2D eigenvalue weighted by atomic mass is 10.2. The average Bonchev–Trinajstić information content (AvgIpc) is 2.44. The number of hydrogen-bond donors (Lipinski definition) is 1. The van der Waals surface area contributed by atoms with E-state index in [1.807, 2.05) is 30.3 Å². The first kappa shape index (κ1) is 14.4. The molecule has 0 aliphatic carbocycles. The minimum atomic E-state index is -1.33. The lowest BCUT2D eigenvalue weighted by Gasteiger charge is -2.09. The minimum absolute atomic E-state index is 0.0613. The van der Waals surface area contributed by atoms with E-state index in [0.717, 1.165) is 11.0 Å². The van der Waals surface area contributed by atoms with Gasteiger partial charge in [0.15, 0.2) is 0 Å². The molecular formula is C15H13FO3S. The van der Waals surface area contributed by atoms with Gasteiger partial charge in [-0.05, 0) is 24.3 Å². The van der Waals surface area contributed by atoms with Crippen molar-refractivity contribution in [3.63, 3.8) is 0 Å². The molecule has 0 amide bonds. The molecule has 0 aliphatic rings. The Bertz CT molecular complexity index is 587. The number of halogens is 1. The van der Waals surface area contributed by atoms with Crippen molar-refractivity contribution < 1.29 is 19.0 Å². The van der Waals surface area contributed by atoms with E-state index in [1.165, 1.54) is 12.1 Å². The third kappa shape index (κ3) is 3.74. The third-order valence-electron chi connectivity index (χ3n) is 2.54.